The van der Waals surface area contributed by atoms with Crippen molar-refractivity contribution in [2.45, 2.75) is 65.5 Å². The molecule has 0 spiro atoms. The predicted octanol–water partition coefficient (Wildman–Crippen LogP) is 11.5. The summed E-state index contributed by atoms with van der Waals surface area (Å²) >= 11 is 24.5. The molecule has 342 valence electrons. The van der Waals surface area contributed by atoms with Crippen LogP contribution in [0.1, 0.15) is 70.7 Å². The second kappa shape index (κ2) is 24.3. The Bertz CT molecular complexity index is 2530. The molecule has 0 aliphatic rings. The van der Waals surface area contributed by atoms with Crippen molar-refractivity contribution in [2.75, 3.05) is 33.0 Å². The molecule has 0 bridgehead atoms. The molecule has 0 aliphatic carbocycles. The first-order valence-corrected chi connectivity index (χ1v) is 22.6. The molecule has 4 amide bonds. The number of amides is 4. The maximum Gasteiger partial charge on any atom is 0.258 e. The van der Waals surface area contributed by atoms with Crippen LogP contribution in [0.3, 0.4) is 0 Å². The number of rotatable bonds is 20. The van der Waals surface area contributed by atoms with Gasteiger partial charge in [0.15, 0.2) is 11.6 Å². The molecule has 5 aromatic carbocycles. The smallest absolute Gasteiger partial charge is 0.258 e. The van der Waals surface area contributed by atoms with Gasteiger partial charge in [0.1, 0.15) is 11.4 Å². The second-order valence-electron chi connectivity index (χ2n) is 14.8. The highest BCUT2D eigenvalue weighted by molar-refractivity contribution is 6.33. The van der Waals surface area contributed by atoms with Gasteiger partial charge in [0.25, 0.3) is 23.6 Å². The number of carbonyl (C=O) groups excluding carboxylic acids is 6. The third-order valence-corrected chi connectivity index (χ3v) is 11.0. The van der Waals surface area contributed by atoms with E-state index in [1.165, 1.54) is 50.2 Å². The highest BCUT2D eigenvalue weighted by Crippen LogP contribution is 2.31. The number of nitrogens with zero attached hydrogens (tertiary/aromatic N) is 4. The van der Waals surface area contributed by atoms with Crippen molar-refractivity contribution in [1.82, 2.24) is 0 Å². The molecule has 0 fully saturated rings. The van der Waals surface area contributed by atoms with E-state index in [9.17, 15) is 28.8 Å². The molecule has 2 atom stereocenters. The molecule has 0 radical (unpaired) electrons. The Morgan fingerprint density at radius 1 is 0.530 bits per heavy atom. The number of nitrogens with one attached hydrogen (secondary N) is 4. The van der Waals surface area contributed by atoms with Gasteiger partial charge in [-0.3, -0.25) is 28.8 Å². The van der Waals surface area contributed by atoms with Crippen LogP contribution in [-0.4, -0.2) is 59.0 Å². The van der Waals surface area contributed by atoms with Crippen molar-refractivity contribution in [3.05, 3.63) is 140 Å². The fourth-order valence-corrected chi connectivity index (χ4v) is 7.23. The van der Waals surface area contributed by atoms with E-state index in [2.05, 4.69) is 41.7 Å². The van der Waals surface area contributed by atoms with Gasteiger partial charge < -0.3 is 21.3 Å². The van der Waals surface area contributed by atoms with Crippen LogP contribution >= 0.6 is 46.4 Å². The summed E-state index contributed by atoms with van der Waals surface area (Å²) in [5.41, 5.74) is 5.47. The van der Waals surface area contributed by atoms with Crippen molar-refractivity contribution < 1.29 is 28.8 Å². The summed E-state index contributed by atoms with van der Waals surface area (Å²) in [6, 6.07) is 23.4. The number of azo groups is 2. The van der Waals surface area contributed by atoms with Gasteiger partial charge in [0.05, 0.1) is 10.0 Å². The lowest BCUT2D eigenvalue weighted by molar-refractivity contribution is -0.127. The highest BCUT2D eigenvalue weighted by atomic mass is 35.5. The SMILES string of the molecule is CCc1cc(NC(=O)C(N=Nc2cc(C(=O)Nc3cccc(CCCl)c3)ccc2Cl)C(C)=O)c(CC)cc1NC(=O)C(N=Nc1cc(C(=O)Nc2cccc(CCCl)c2)ccc1Cl)C(C)=O. The molecule has 4 N–H and O–H groups in total. The Hall–Kier alpha value is -6.32. The third-order valence-electron chi connectivity index (χ3n) is 9.99. The lowest BCUT2D eigenvalue weighted by Crippen LogP contribution is -2.33. The van der Waals surface area contributed by atoms with Gasteiger partial charge in [-0.1, -0.05) is 61.3 Å². The van der Waals surface area contributed by atoms with E-state index in [0.717, 1.165) is 11.1 Å². The number of Topliss-reactive ketones (excluding diaryl/α,β-unsaturated/α-hetero) is 2. The van der Waals surface area contributed by atoms with E-state index >= 15 is 0 Å². The van der Waals surface area contributed by atoms with Gasteiger partial charge in [-0.05, 0) is 135 Å². The molecular formula is C48H46Cl4N8O6. The molecule has 0 aliphatic heterocycles. The highest BCUT2D eigenvalue weighted by Gasteiger charge is 2.27. The summed E-state index contributed by atoms with van der Waals surface area (Å²) in [5, 5.41) is 27.7. The van der Waals surface area contributed by atoms with Crippen LogP contribution in [0.2, 0.25) is 10.0 Å². The van der Waals surface area contributed by atoms with Gasteiger partial charge in [-0.15, -0.1) is 23.2 Å². The Labute approximate surface area is 402 Å². The van der Waals surface area contributed by atoms with Crippen molar-refractivity contribution >= 4 is 116 Å². The number of hydrogen-bond acceptors (Lipinski definition) is 10. The Balaban J connectivity index is 1.30. The molecule has 0 aromatic heterocycles. The average Bonchev–Trinajstić information content (AvgIpc) is 3.28. The van der Waals surface area contributed by atoms with E-state index in [4.69, 9.17) is 46.4 Å². The fourth-order valence-electron chi connectivity index (χ4n) is 6.48. The lowest BCUT2D eigenvalue weighted by atomic mass is 10.0. The van der Waals surface area contributed by atoms with Crippen molar-refractivity contribution in [3.8, 4) is 0 Å². The molecule has 66 heavy (non-hydrogen) atoms. The number of hydrogen-bond donors (Lipinski definition) is 4. The maximum atomic E-state index is 13.6. The predicted molar refractivity (Wildman–Crippen MR) is 261 cm³/mol. The second-order valence-corrected chi connectivity index (χ2v) is 16.4. The largest absolute Gasteiger partial charge is 0.323 e. The molecule has 14 nitrogen and oxygen atoms in total. The topological polar surface area (TPSA) is 200 Å². The number of carbonyl (C=O) groups is 6. The quantitative estimate of drug-likeness (QED) is 0.0340. The normalized spacial score (nSPS) is 12.1. The minimum Gasteiger partial charge on any atom is -0.323 e. The monoisotopic (exact) mass is 970 g/mol. The summed E-state index contributed by atoms with van der Waals surface area (Å²) in [6.45, 7) is 6.05. The van der Waals surface area contributed by atoms with Crippen LogP contribution < -0.4 is 21.3 Å². The first-order valence-electron chi connectivity index (χ1n) is 20.8. The van der Waals surface area contributed by atoms with Gasteiger partial charge in [-0.2, -0.15) is 20.5 Å². The summed E-state index contributed by atoms with van der Waals surface area (Å²) in [7, 11) is 0. The first-order chi connectivity index (χ1) is 31.6. The zero-order valence-corrected chi connectivity index (χ0v) is 39.4. The Morgan fingerprint density at radius 2 is 0.924 bits per heavy atom. The summed E-state index contributed by atoms with van der Waals surface area (Å²) in [6.07, 6.45) is 2.03. The summed E-state index contributed by atoms with van der Waals surface area (Å²) < 4.78 is 0. The van der Waals surface area contributed by atoms with E-state index in [1.807, 2.05) is 50.2 Å². The molecule has 0 saturated carbocycles. The number of ketones is 2. The van der Waals surface area contributed by atoms with Crippen LogP contribution in [0.25, 0.3) is 0 Å². The van der Waals surface area contributed by atoms with E-state index < -0.39 is 47.3 Å². The minimum atomic E-state index is -1.58. The number of benzene rings is 5. The number of alkyl halides is 2. The van der Waals surface area contributed by atoms with Gasteiger partial charge >= 0.3 is 0 Å². The lowest BCUT2D eigenvalue weighted by Gasteiger charge is -2.18. The van der Waals surface area contributed by atoms with Gasteiger partial charge in [0, 0.05) is 45.6 Å². The average molecular weight is 973 g/mol. The van der Waals surface area contributed by atoms with Crippen LogP contribution in [0.4, 0.5) is 34.1 Å². The van der Waals surface area contributed by atoms with Gasteiger partial charge in [-0.25, -0.2) is 0 Å². The van der Waals surface area contributed by atoms with E-state index in [1.54, 1.807) is 24.3 Å². The number of aryl methyl sites for hydroxylation is 4. The zero-order valence-electron chi connectivity index (χ0n) is 36.4. The standard InChI is InChI=1S/C48H46Cl4N8O6/c1-5-31-23-40(56-48(66)44(28(4)62)60-58-42-26-34(14-16-38(42)52)46(64)54-36-12-8-10-30(22-36)18-20-50)32(6-2)24-39(31)55-47(65)43(27(3)61)59-57-41-25-33(13-15-37(41)51)45(63)53-35-11-7-9-29(21-35)17-19-49/h7-16,21-26,43-44H,5-6,17-20H2,1-4H3,(H,53,63)(H,54,64)(H,55,65)(H,56,66). The van der Waals surface area contributed by atoms with E-state index in [0.29, 0.717) is 71.3 Å². The van der Waals surface area contributed by atoms with Crippen molar-refractivity contribution in [1.29, 1.82) is 0 Å². The van der Waals surface area contributed by atoms with E-state index in [-0.39, 0.29) is 32.5 Å². The third kappa shape index (κ3) is 13.8. The fraction of sp³-hybridized carbons (Fsp3) is 0.250. The van der Waals surface area contributed by atoms with Crippen LogP contribution in [0.15, 0.2) is 118 Å². The maximum absolute atomic E-state index is 13.6. The molecule has 0 heterocycles. The van der Waals surface area contributed by atoms with Gasteiger partial charge in [0.2, 0.25) is 12.1 Å². The zero-order chi connectivity index (χ0) is 47.9. The Morgan fingerprint density at radius 3 is 1.27 bits per heavy atom. The van der Waals surface area contributed by atoms with Crippen molar-refractivity contribution in [3.63, 3.8) is 0 Å². The van der Waals surface area contributed by atoms with Crippen LogP contribution in [0.5, 0.6) is 0 Å². The minimum absolute atomic E-state index is 0.0606. The molecular weight excluding hydrogens is 926 g/mol. The van der Waals surface area contributed by atoms with Crippen molar-refractivity contribution in [2.24, 2.45) is 20.5 Å². The molecule has 0 saturated heterocycles. The summed E-state index contributed by atoms with van der Waals surface area (Å²) in [5.74, 6) is -2.81. The number of anilines is 4. The first kappa shape index (κ1) is 50.7. The number of halogens is 4. The summed E-state index contributed by atoms with van der Waals surface area (Å²) in [4.78, 5) is 79.0. The van der Waals surface area contributed by atoms with Crippen LogP contribution in [-0.2, 0) is 44.9 Å². The molecule has 5 aromatic rings. The molecule has 2 unspecified atom stereocenters. The molecule has 18 heteroatoms. The molecule has 5 rings (SSSR count). The van der Waals surface area contributed by atoms with Crippen LogP contribution in [0, 0.1) is 0 Å². The Kier molecular flexibility index (Phi) is 18.6.